The van der Waals surface area contributed by atoms with E-state index in [1.807, 2.05) is 14.1 Å². The Balaban J connectivity index is 2.05. The van der Waals surface area contributed by atoms with E-state index in [1.165, 1.54) is 6.20 Å². The number of hydrogen-bond acceptors (Lipinski definition) is 6. The van der Waals surface area contributed by atoms with Crippen molar-refractivity contribution in [2.24, 2.45) is 5.73 Å². The minimum absolute atomic E-state index is 0.0128. The van der Waals surface area contributed by atoms with Crippen molar-refractivity contribution in [1.82, 2.24) is 10.2 Å². The van der Waals surface area contributed by atoms with Gasteiger partial charge in [-0.1, -0.05) is 0 Å². The Morgan fingerprint density at radius 3 is 2.54 bits per heavy atom. The maximum atomic E-state index is 13.4. The lowest BCUT2D eigenvalue weighted by Crippen LogP contribution is -2.54. The second kappa shape index (κ2) is 10.1. The molecule has 4 unspecified atom stereocenters. The molecule has 6 nitrogen and oxygen atoms in total. The molecule has 1 aliphatic heterocycles. The van der Waals surface area contributed by atoms with E-state index >= 15 is 0 Å². The van der Waals surface area contributed by atoms with Crippen LogP contribution < -0.4 is 11.1 Å². The first-order chi connectivity index (χ1) is 13.2. The molecule has 0 radical (unpaired) electrons. The summed E-state index contributed by atoms with van der Waals surface area (Å²) in [5.74, 6) is -4.23. The average molecular weight is 403 g/mol. The third-order valence-electron chi connectivity index (χ3n) is 4.76. The first kappa shape index (κ1) is 22.5. The van der Waals surface area contributed by atoms with Gasteiger partial charge in [-0.15, -0.1) is 0 Å². The number of nitrogens with zero attached hydrogens (tertiary/aromatic N) is 1. The van der Waals surface area contributed by atoms with Crippen LogP contribution in [-0.2, 0) is 4.74 Å². The van der Waals surface area contributed by atoms with Gasteiger partial charge in [-0.25, -0.2) is 13.2 Å². The lowest BCUT2D eigenvalue weighted by atomic mass is 9.93. The smallest absolute Gasteiger partial charge is 0.194 e. The molecular formula is C19H28F3N3O3. The molecule has 0 aromatic heterocycles. The second-order valence-corrected chi connectivity index (χ2v) is 7.28. The SMILES string of the molecule is CN(C)CCCC1CC(N/C=C(\N)c2cc(F)c(F)c(F)c2)C(O)C(CO)O1. The Morgan fingerprint density at radius 1 is 1.32 bits per heavy atom. The van der Waals surface area contributed by atoms with Crippen molar-refractivity contribution < 1.29 is 28.1 Å². The van der Waals surface area contributed by atoms with Crippen molar-refractivity contribution in [1.29, 1.82) is 0 Å². The first-order valence-corrected chi connectivity index (χ1v) is 9.18. The average Bonchev–Trinajstić information content (AvgIpc) is 2.65. The fraction of sp³-hybridized carbons (Fsp3) is 0.579. The van der Waals surface area contributed by atoms with Crippen molar-refractivity contribution in [3.8, 4) is 0 Å². The number of rotatable bonds is 8. The van der Waals surface area contributed by atoms with Crippen LogP contribution in [0.25, 0.3) is 5.70 Å². The van der Waals surface area contributed by atoms with Crippen molar-refractivity contribution in [2.45, 2.75) is 43.6 Å². The fourth-order valence-corrected chi connectivity index (χ4v) is 3.21. The monoisotopic (exact) mass is 403 g/mol. The molecule has 0 spiro atoms. The van der Waals surface area contributed by atoms with E-state index in [0.29, 0.717) is 6.42 Å². The summed E-state index contributed by atoms with van der Waals surface area (Å²) in [6.45, 7) is 0.552. The number of hydrogen-bond donors (Lipinski definition) is 4. The van der Waals surface area contributed by atoms with Gasteiger partial charge in [-0.05, 0) is 52.0 Å². The van der Waals surface area contributed by atoms with E-state index < -0.39 is 35.7 Å². The van der Waals surface area contributed by atoms with E-state index in [9.17, 15) is 23.4 Å². The maximum absolute atomic E-state index is 13.4. The summed E-state index contributed by atoms with van der Waals surface area (Å²) in [4.78, 5) is 2.06. The number of benzene rings is 1. The molecule has 1 saturated heterocycles. The zero-order chi connectivity index (χ0) is 20.8. The van der Waals surface area contributed by atoms with Crippen LogP contribution in [0.5, 0.6) is 0 Å². The van der Waals surface area contributed by atoms with Gasteiger partial charge in [0.15, 0.2) is 17.5 Å². The summed E-state index contributed by atoms with van der Waals surface area (Å²) in [6, 6.07) is 1.13. The van der Waals surface area contributed by atoms with Crippen LogP contribution in [0.2, 0.25) is 0 Å². The topological polar surface area (TPSA) is 91.0 Å². The highest BCUT2D eigenvalue weighted by molar-refractivity contribution is 5.62. The summed E-state index contributed by atoms with van der Waals surface area (Å²) >= 11 is 0. The first-order valence-electron chi connectivity index (χ1n) is 9.18. The normalized spacial score (nSPS) is 25.9. The van der Waals surface area contributed by atoms with Gasteiger partial charge in [0.2, 0.25) is 0 Å². The number of nitrogens with one attached hydrogen (secondary N) is 1. The Hall–Kier alpha value is -1.81. The molecule has 1 aromatic carbocycles. The molecule has 1 aromatic rings. The highest BCUT2D eigenvalue weighted by Crippen LogP contribution is 2.24. The Bertz CT molecular complexity index is 665. The van der Waals surface area contributed by atoms with Gasteiger partial charge >= 0.3 is 0 Å². The predicted molar refractivity (Wildman–Crippen MR) is 99.6 cm³/mol. The van der Waals surface area contributed by atoms with Crippen LogP contribution in [0.4, 0.5) is 13.2 Å². The number of ether oxygens (including phenoxy) is 1. The zero-order valence-corrected chi connectivity index (χ0v) is 16.0. The summed E-state index contributed by atoms with van der Waals surface area (Å²) in [5.41, 5.74) is 5.80. The third kappa shape index (κ3) is 5.84. The predicted octanol–water partition coefficient (Wildman–Crippen LogP) is 1.17. The Labute approximate surface area is 162 Å². The van der Waals surface area contributed by atoms with Crippen LogP contribution >= 0.6 is 0 Å². The van der Waals surface area contributed by atoms with Gasteiger partial charge in [0.1, 0.15) is 12.2 Å². The van der Waals surface area contributed by atoms with E-state index in [2.05, 4.69) is 10.2 Å². The fourth-order valence-electron chi connectivity index (χ4n) is 3.21. The van der Waals surface area contributed by atoms with Crippen molar-refractivity contribution >= 4 is 5.70 Å². The minimum Gasteiger partial charge on any atom is -0.397 e. The van der Waals surface area contributed by atoms with Gasteiger partial charge < -0.3 is 30.9 Å². The maximum Gasteiger partial charge on any atom is 0.194 e. The third-order valence-corrected chi connectivity index (χ3v) is 4.76. The number of nitrogens with two attached hydrogens (primary N) is 1. The molecule has 1 aliphatic rings. The Kier molecular flexibility index (Phi) is 8.11. The summed E-state index contributed by atoms with van der Waals surface area (Å²) in [5, 5.41) is 22.8. The standard InChI is InChI=1S/C19H28F3N3O3/c1-25(2)5-3-4-12-8-16(19(27)17(10-26)28-12)24-9-15(23)11-6-13(20)18(22)14(21)7-11/h6-7,9,12,16-17,19,24,26-27H,3-5,8,10,23H2,1-2H3/b15-9-. The molecular weight excluding hydrogens is 375 g/mol. The molecule has 1 fully saturated rings. The van der Waals surface area contributed by atoms with E-state index in [1.54, 1.807) is 0 Å². The zero-order valence-electron chi connectivity index (χ0n) is 16.0. The molecule has 2 rings (SSSR count). The highest BCUT2D eigenvalue weighted by atomic mass is 19.2. The lowest BCUT2D eigenvalue weighted by Gasteiger charge is -2.39. The van der Waals surface area contributed by atoms with Crippen molar-refractivity contribution in [3.05, 3.63) is 41.3 Å². The highest BCUT2D eigenvalue weighted by Gasteiger charge is 2.36. The molecule has 158 valence electrons. The van der Waals surface area contributed by atoms with E-state index in [0.717, 1.165) is 31.5 Å². The molecule has 4 atom stereocenters. The molecule has 1 heterocycles. The summed E-state index contributed by atoms with van der Waals surface area (Å²) < 4.78 is 45.6. The van der Waals surface area contributed by atoms with Gasteiger partial charge in [0.25, 0.3) is 0 Å². The minimum atomic E-state index is -1.56. The van der Waals surface area contributed by atoms with Crippen molar-refractivity contribution in [3.63, 3.8) is 0 Å². The summed E-state index contributed by atoms with van der Waals surface area (Å²) in [7, 11) is 3.95. The molecule has 0 saturated carbocycles. The Morgan fingerprint density at radius 2 is 1.96 bits per heavy atom. The van der Waals surface area contributed by atoms with Gasteiger partial charge in [0, 0.05) is 11.8 Å². The van der Waals surface area contributed by atoms with Crippen molar-refractivity contribution in [2.75, 3.05) is 27.2 Å². The van der Waals surface area contributed by atoms with Crippen LogP contribution in [0.1, 0.15) is 24.8 Å². The largest absolute Gasteiger partial charge is 0.397 e. The molecule has 0 bridgehead atoms. The van der Waals surface area contributed by atoms with Gasteiger partial charge in [-0.3, -0.25) is 0 Å². The lowest BCUT2D eigenvalue weighted by molar-refractivity contribution is -0.147. The molecule has 0 aliphatic carbocycles. The van der Waals surface area contributed by atoms with Crippen LogP contribution in [0.15, 0.2) is 18.3 Å². The van der Waals surface area contributed by atoms with Gasteiger partial charge in [0.05, 0.1) is 24.4 Å². The molecule has 5 N–H and O–H groups in total. The number of halogens is 3. The molecule has 9 heteroatoms. The quantitative estimate of drug-likeness (QED) is 0.487. The summed E-state index contributed by atoms with van der Waals surface area (Å²) in [6.07, 6.45) is 1.55. The number of aliphatic hydroxyl groups is 2. The van der Waals surface area contributed by atoms with Crippen LogP contribution in [0, 0.1) is 17.5 Å². The molecule has 28 heavy (non-hydrogen) atoms. The molecule has 0 amide bonds. The number of aliphatic hydroxyl groups excluding tert-OH is 2. The van der Waals surface area contributed by atoms with Crippen LogP contribution in [0.3, 0.4) is 0 Å². The van der Waals surface area contributed by atoms with E-state index in [4.69, 9.17) is 10.5 Å². The van der Waals surface area contributed by atoms with Gasteiger partial charge in [-0.2, -0.15) is 0 Å². The van der Waals surface area contributed by atoms with Crippen LogP contribution in [-0.4, -0.2) is 66.7 Å². The second-order valence-electron chi connectivity index (χ2n) is 7.28. The van der Waals surface area contributed by atoms with E-state index in [-0.39, 0.29) is 24.0 Å².